The number of hydrogen-bond donors (Lipinski definition) is 1. The Labute approximate surface area is 122 Å². The summed E-state index contributed by atoms with van der Waals surface area (Å²) in [4.78, 5) is 0.263. The van der Waals surface area contributed by atoms with E-state index >= 15 is 0 Å². The maximum atomic E-state index is 12.7. The van der Waals surface area contributed by atoms with Crippen molar-refractivity contribution in [2.24, 2.45) is 0 Å². The minimum atomic E-state index is -3.57. The minimum Gasteiger partial charge on any atom is -0.392 e. The van der Waals surface area contributed by atoms with Crippen LogP contribution in [-0.4, -0.2) is 46.6 Å². The third-order valence-corrected chi connectivity index (χ3v) is 6.71. The molecule has 0 spiro atoms. The Morgan fingerprint density at radius 3 is 2.50 bits per heavy atom. The van der Waals surface area contributed by atoms with E-state index in [9.17, 15) is 17.7 Å². The molecule has 0 unspecified atom stereocenters. The van der Waals surface area contributed by atoms with Crippen molar-refractivity contribution in [3.8, 4) is 0 Å². The highest BCUT2D eigenvalue weighted by atomic mass is 32.2. The van der Waals surface area contributed by atoms with E-state index in [1.54, 1.807) is 18.2 Å². The maximum absolute atomic E-state index is 12.7. The lowest BCUT2D eigenvalue weighted by Crippen LogP contribution is -2.42. The van der Waals surface area contributed by atoms with Crippen LogP contribution in [0.25, 0.3) is 0 Å². The molecule has 0 atom stereocenters. The number of sulfonamides is 1. The SMILES string of the molecule is CCc1ccc(CO)cc1S(=O)(=O)N1CCS(=O)CC1. The molecule has 0 aromatic heterocycles. The van der Waals surface area contributed by atoms with Crippen molar-refractivity contribution in [3.63, 3.8) is 0 Å². The van der Waals surface area contributed by atoms with Crippen LogP contribution in [0.15, 0.2) is 23.1 Å². The molecule has 1 saturated heterocycles. The lowest BCUT2D eigenvalue weighted by Gasteiger charge is -2.26. The van der Waals surface area contributed by atoms with Gasteiger partial charge in [0.25, 0.3) is 0 Å². The molecule has 5 nitrogen and oxygen atoms in total. The summed E-state index contributed by atoms with van der Waals surface area (Å²) in [6, 6.07) is 5.03. The van der Waals surface area contributed by atoms with Crippen molar-refractivity contribution in [1.82, 2.24) is 4.31 Å². The van der Waals surface area contributed by atoms with Crippen LogP contribution in [0.4, 0.5) is 0 Å². The molecule has 0 saturated carbocycles. The monoisotopic (exact) mass is 317 g/mol. The maximum Gasteiger partial charge on any atom is 0.243 e. The van der Waals surface area contributed by atoms with Gasteiger partial charge >= 0.3 is 0 Å². The zero-order chi connectivity index (χ0) is 14.8. The molecule has 0 amide bonds. The fourth-order valence-corrected chi connectivity index (χ4v) is 5.30. The van der Waals surface area contributed by atoms with Crippen molar-refractivity contribution < 1.29 is 17.7 Å². The number of rotatable bonds is 4. The molecule has 0 bridgehead atoms. The molecule has 1 aliphatic rings. The molecule has 20 heavy (non-hydrogen) atoms. The van der Waals surface area contributed by atoms with Crippen molar-refractivity contribution in [2.75, 3.05) is 24.6 Å². The number of nitrogens with zero attached hydrogens (tertiary/aromatic N) is 1. The molecule has 1 fully saturated rings. The van der Waals surface area contributed by atoms with Crippen LogP contribution in [0.3, 0.4) is 0 Å². The highest BCUT2D eigenvalue weighted by Crippen LogP contribution is 2.23. The van der Waals surface area contributed by atoms with E-state index in [1.807, 2.05) is 6.92 Å². The fourth-order valence-electron chi connectivity index (χ4n) is 2.23. The predicted octanol–water partition coefficient (Wildman–Crippen LogP) is 0.494. The van der Waals surface area contributed by atoms with E-state index in [1.165, 1.54) is 4.31 Å². The first-order chi connectivity index (χ1) is 9.48. The molecule has 2 rings (SSSR count). The molecule has 1 N–H and O–H groups in total. The molecule has 7 heteroatoms. The minimum absolute atomic E-state index is 0.184. The second-order valence-corrected chi connectivity index (χ2v) is 8.31. The average Bonchev–Trinajstić information content (AvgIpc) is 2.47. The van der Waals surface area contributed by atoms with E-state index in [4.69, 9.17) is 0 Å². The van der Waals surface area contributed by atoms with Gasteiger partial charge in [-0.2, -0.15) is 4.31 Å². The van der Waals surface area contributed by atoms with Crippen LogP contribution < -0.4 is 0 Å². The van der Waals surface area contributed by atoms with Gasteiger partial charge < -0.3 is 5.11 Å². The standard InChI is InChI=1S/C13H19NO4S2/c1-2-12-4-3-11(10-15)9-13(12)20(17,18)14-5-7-19(16)8-6-14/h3-4,9,15H,2,5-8,10H2,1H3. The highest BCUT2D eigenvalue weighted by molar-refractivity contribution is 7.89. The van der Waals surface area contributed by atoms with Gasteiger partial charge in [-0.05, 0) is 23.6 Å². The van der Waals surface area contributed by atoms with Gasteiger partial charge in [0.15, 0.2) is 0 Å². The Morgan fingerprint density at radius 2 is 1.95 bits per heavy atom. The predicted molar refractivity (Wildman–Crippen MR) is 78.4 cm³/mol. The van der Waals surface area contributed by atoms with Crippen molar-refractivity contribution in [3.05, 3.63) is 29.3 Å². The molecule has 0 aliphatic carbocycles. The van der Waals surface area contributed by atoms with E-state index in [0.717, 1.165) is 5.56 Å². The summed E-state index contributed by atoms with van der Waals surface area (Å²) in [7, 11) is -4.48. The normalized spacial score (nSPS) is 18.3. The largest absolute Gasteiger partial charge is 0.392 e. The summed E-state index contributed by atoms with van der Waals surface area (Å²) in [6.07, 6.45) is 0.611. The van der Waals surface area contributed by atoms with E-state index in [0.29, 0.717) is 36.6 Å². The molecule has 112 valence electrons. The Morgan fingerprint density at radius 1 is 1.30 bits per heavy atom. The summed E-state index contributed by atoms with van der Waals surface area (Å²) < 4.78 is 38.1. The quantitative estimate of drug-likeness (QED) is 0.877. The lowest BCUT2D eigenvalue weighted by molar-refractivity contribution is 0.281. The molecule has 1 aliphatic heterocycles. The van der Waals surface area contributed by atoms with Gasteiger partial charge in [0.05, 0.1) is 11.5 Å². The molecule has 1 aromatic carbocycles. The van der Waals surface area contributed by atoms with E-state index in [2.05, 4.69) is 0 Å². The summed E-state index contributed by atoms with van der Waals surface area (Å²) in [6.45, 7) is 2.30. The van der Waals surface area contributed by atoms with Gasteiger partial charge in [0.2, 0.25) is 10.0 Å². The molecule has 0 radical (unpaired) electrons. The molecule has 1 aromatic rings. The van der Waals surface area contributed by atoms with E-state index in [-0.39, 0.29) is 11.5 Å². The third kappa shape index (κ3) is 3.11. The Balaban J connectivity index is 2.40. The van der Waals surface area contributed by atoms with Crippen LogP contribution >= 0.6 is 0 Å². The van der Waals surface area contributed by atoms with Crippen LogP contribution in [0, 0.1) is 0 Å². The van der Waals surface area contributed by atoms with Gasteiger partial charge in [-0.1, -0.05) is 19.1 Å². The van der Waals surface area contributed by atoms with Gasteiger partial charge in [0, 0.05) is 35.4 Å². The second kappa shape index (κ2) is 6.34. The molecule has 1 heterocycles. The van der Waals surface area contributed by atoms with Crippen molar-refractivity contribution >= 4 is 20.8 Å². The van der Waals surface area contributed by atoms with Gasteiger partial charge in [-0.25, -0.2) is 8.42 Å². The number of benzene rings is 1. The third-order valence-electron chi connectivity index (χ3n) is 3.45. The second-order valence-electron chi connectivity index (χ2n) is 4.71. The Bertz CT molecular complexity index is 603. The summed E-state index contributed by atoms with van der Waals surface area (Å²) >= 11 is 0. The fraction of sp³-hybridized carbons (Fsp3) is 0.538. The van der Waals surface area contributed by atoms with Crippen molar-refractivity contribution in [1.29, 1.82) is 0 Å². The number of hydrogen-bond acceptors (Lipinski definition) is 4. The lowest BCUT2D eigenvalue weighted by atomic mass is 10.1. The topological polar surface area (TPSA) is 74.7 Å². The van der Waals surface area contributed by atoms with E-state index < -0.39 is 20.8 Å². The molecular weight excluding hydrogens is 298 g/mol. The first kappa shape index (κ1) is 15.6. The van der Waals surface area contributed by atoms with Gasteiger partial charge in [-0.15, -0.1) is 0 Å². The number of aryl methyl sites for hydroxylation is 1. The zero-order valence-corrected chi connectivity index (χ0v) is 13.0. The zero-order valence-electron chi connectivity index (χ0n) is 11.4. The number of aliphatic hydroxyl groups is 1. The Hall–Kier alpha value is -0.760. The summed E-state index contributed by atoms with van der Waals surface area (Å²) in [5.74, 6) is 0.779. The molecular formula is C13H19NO4S2. The Kier molecular flexibility index (Phi) is 4.95. The smallest absolute Gasteiger partial charge is 0.243 e. The highest BCUT2D eigenvalue weighted by Gasteiger charge is 2.29. The first-order valence-corrected chi connectivity index (χ1v) is 9.49. The average molecular weight is 317 g/mol. The van der Waals surface area contributed by atoms with Crippen LogP contribution in [0.5, 0.6) is 0 Å². The summed E-state index contributed by atoms with van der Waals surface area (Å²) in [5, 5.41) is 9.19. The van der Waals surface area contributed by atoms with Gasteiger partial charge in [0.1, 0.15) is 0 Å². The van der Waals surface area contributed by atoms with Crippen LogP contribution in [-0.2, 0) is 33.9 Å². The van der Waals surface area contributed by atoms with Gasteiger partial charge in [-0.3, -0.25) is 4.21 Å². The van der Waals surface area contributed by atoms with Crippen LogP contribution in [0.2, 0.25) is 0 Å². The summed E-state index contributed by atoms with van der Waals surface area (Å²) in [5.41, 5.74) is 1.33. The van der Waals surface area contributed by atoms with Crippen LogP contribution in [0.1, 0.15) is 18.1 Å². The van der Waals surface area contributed by atoms with Crippen molar-refractivity contribution in [2.45, 2.75) is 24.8 Å². The number of aliphatic hydroxyl groups excluding tert-OH is 1. The first-order valence-electron chi connectivity index (χ1n) is 6.56.